The molecule has 0 heterocycles. The highest BCUT2D eigenvalue weighted by molar-refractivity contribution is 5.83. The van der Waals surface area contributed by atoms with Crippen LogP contribution in [0.15, 0.2) is 0 Å². The van der Waals surface area contributed by atoms with E-state index in [1.165, 1.54) is 0 Å². The molecule has 0 aliphatic rings. The van der Waals surface area contributed by atoms with E-state index in [2.05, 4.69) is 0 Å². The van der Waals surface area contributed by atoms with Crippen molar-refractivity contribution in [2.45, 2.75) is 46.2 Å². The van der Waals surface area contributed by atoms with Gasteiger partial charge in [0.1, 0.15) is 5.54 Å². The molecule has 0 aromatic heterocycles. The van der Waals surface area contributed by atoms with Crippen LogP contribution in [-0.2, 0) is 9.59 Å². The molecule has 1 unspecified atom stereocenters. The van der Waals surface area contributed by atoms with E-state index in [1.54, 1.807) is 37.6 Å². The Labute approximate surface area is 103 Å². The van der Waals surface area contributed by atoms with Crippen LogP contribution in [0.3, 0.4) is 0 Å². The topological polar surface area (TPSA) is 60.9 Å². The molecule has 1 N–H and O–H groups in total. The first kappa shape index (κ1) is 15.9. The van der Waals surface area contributed by atoms with Crippen molar-refractivity contribution >= 4 is 11.9 Å². The summed E-state index contributed by atoms with van der Waals surface area (Å²) in [5.41, 5.74) is -1.05. The molecule has 0 aliphatic carbocycles. The predicted molar refractivity (Wildman–Crippen MR) is 66.9 cm³/mol. The van der Waals surface area contributed by atoms with Gasteiger partial charge in [0, 0.05) is 13.1 Å². The van der Waals surface area contributed by atoms with Crippen LogP contribution >= 0.6 is 0 Å². The summed E-state index contributed by atoms with van der Waals surface area (Å²) in [5, 5.41) is 9.13. The lowest BCUT2D eigenvalue weighted by molar-refractivity contribution is -0.152. The first-order valence-corrected chi connectivity index (χ1v) is 5.95. The minimum absolute atomic E-state index is 0.0353. The fourth-order valence-electron chi connectivity index (χ4n) is 1.60. The van der Waals surface area contributed by atoms with Crippen molar-refractivity contribution in [2.75, 3.05) is 20.1 Å². The fourth-order valence-corrected chi connectivity index (χ4v) is 1.60. The van der Waals surface area contributed by atoms with Crippen LogP contribution in [0.25, 0.3) is 0 Å². The Morgan fingerprint density at radius 2 is 1.65 bits per heavy atom. The van der Waals surface area contributed by atoms with E-state index in [0.717, 1.165) is 0 Å². The van der Waals surface area contributed by atoms with Crippen molar-refractivity contribution in [3.63, 3.8) is 0 Å². The Hall–Kier alpha value is -1.10. The van der Waals surface area contributed by atoms with E-state index >= 15 is 0 Å². The molecule has 0 saturated carbocycles. The number of amides is 1. The summed E-state index contributed by atoms with van der Waals surface area (Å²) in [4.78, 5) is 26.5. The molecule has 0 rings (SSSR count). The lowest BCUT2D eigenvalue weighted by Crippen LogP contribution is -2.56. The predicted octanol–water partition coefficient (Wildman–Crippen LogP) is 1.04. The van der Waals surface area contributed by atoms with Crippen molar-refractivity contribution in [3.8, 4) is 0 Å². The molecule has 1 amide bonds. The van der Waals surface area contributed by atoms with E-state index in [4.69, 9.17) is 5.11 Å². The third kappa shape index (κ3) is 3.43. The number of carbonyl (C=O) groups is 2. The monoisotopic (exact) mass is 244 g/mol. The van der Waals surface area contributed by atoms with Gasteiger partial charge in [0.25, 0.3) is 0 Å². The number of nitrogens with zero attached hydrogens (tertiary/aromatic N) is 2. The highest BCUT2D eigenvalue weighted by Gasteiger charge is 2.37. The molecule has 0 bridgehead atoms. The number of hydrogen-bond donors (Lipinski definition) is 1. The smallest absolute Gasteiger partial charge is 0.323 e. The summed E-state index contributed by atoms with van der Waals surface area (Å²) in [5.74, 6) is -0.967. The molecule has 5 nitrogen and oxygen atoms in total. The third-order valence-electron chi connectivity index (χ3n) is 3.42. The largest absolute Gasteiger partial charge is 0.480 e. The highest BCUT2D eigenvalue weighted by atomic mass is 16.4. The van der Waals surface area contributed by atoms with Crippen molar-refractivity contribution in [1.82, 2.24) is 9.80 Å². The number of carbonyl (C=O) groups excluding carboxylic acids is 1. The maximum atomic E-state index is 12.1. The zero-order chi connectivity index (χ0) is 13.8. The maximum Gasteiger partial charge on any atom is 0.323 e. The molecule has 1 atom stereocenters. The number of rotatable bonds is 6. The number of likely N-dealkylation sites (N-methyl/N-ethyl adjacent to an activating group) is 2. The highest BCUT2D eigenvalue weighted by Crippen LogP contribution is 2.17. The molecule has 0 spiro atoms. The van der Waals surface area contributed by atoms with Gasteiger partial charge < -0.3 is 10.0 Å². The molecular weight excluding hydrogens is 220 g/mol. The van der Waals surface area contributed by atoms with Gasteiger partial charge >= 0.3 is 5.97 Å². The molecule has 5 heteroatoms. The van der Waals surface area contributed by atoms with Crippen LogP contribution in [0.5, 0.6) is 0 Å². The Morgan fingerprint density at radius 3 is 1.94 bits per heavy atom. The van der Waals surface area contributed by atoms with Crippen molar-refractivity contribution < 1.29 is 14.7 Å². The van der Waals surface area contributed by atoms with Crippen molar-refractivity contribution in [3.05, 3.63) is 0 Å². The van der Waals surface area contributed by atoms with Crippen molar-refractivity contribution in [1.29, 1.82) is 0 Å². The van der Waals surface area contributed by atoms with Gasteiger partial charge in [0.05, 0.1) is 6.04 Å². The van der Waals surface area contributed by atoms with E-state index in [9.17, 15) is 9.59 Å². The SMILES string of the molecule is CCN(CC)C(=O)C(C)N(C)C(C)(C)C(=O)O. The molecule has 0 fully saturated rings. The number of carboxylic acids is 1. The fraction of sp³-hybridized carbons (Fsp3) is 0.833. The van der Waals surface area contributed by atoms with E-state index < -0.39 is 17.6 Å². The summed E-state index contributed by atoms with van der Waals surface area (Å²) in [6, 6.07) is -0.444. The molecule has 0 saturated heterocycles. The number of aliphatic carboxylic acids is 1. The first-order chi connectivity index (χ1) is 7.69. The van der Waals surface area contributed by atoms with Gasteiger partial charge in [-0.05, 0) is 41.7 Å². The second-order valence-corrected chi connectivity index (χ2v) is 4.66. The minimum Gasteiger partial charge on any atom is -0.480 e. The zero-order valence-corrected chi connectivity index (χ0v) is 11.6. The van der Waals surface area contributed by atoms with Crippen LogP contribution in [0, 0.1) is 0 Å². The Balaban J connectivity index is 4.87. The first-order valence-electron chi connectivity index (χ1n) is 5.95. The zero-order valence-electron chi connectivity index (χ0n) is 11.6. The Bertz CT molecular complexity index is 285. The van der Waals surface area contributed by atoms with Gasteiger partial charge in [-0.15, -0.1) is 0 Å². The second-order valence-electron chi connectivity index (χ2n) is 4.66. The second kappa shape index (κ2) is 6.00. The molecule has 0 radical (unpaired) electrons. The quantitative estimate of drug-likeness (QED) is 0.758. The van der Waals surface area contributed by atoms with Crippen LogP contribution in [0.1, 0.15) is 34.6 Å². The van der Waals surface area contributed by atoms with Gasteiger partial charge in [0.15, 0.2) is 0 Å². The standard InChI is InChI=1S/C12H24N2O3/c1-7-14(8-2)10(15)9(3)13(6)12(4,5)11(16)17/h9H,7-8H2,1-6H3,(H,16,17). The van der Waals surface area contributed by atoms with Crippen LogP contribution in [0.2, 0.25) is 0 Å². The molecule has 0 aromatic rings. The third-order valence-corrected chi connectivity index (χ3v) is 3.42. The lowest BCUT2D eigenvalue weighted by Gasteiger charge is -2.37. The van der Waals surface area contributed by atoms with E-state index in [0.29, 0.717) is 13.1 Å². The van der Waals surface area contributed by atoms with Gasteiger partial charge in [0.2, 0.25) is 5.91 Å². The summed E-state index contributed by atoms with van der Waals surface area (Å²) >= 11 is 0. The van der Waals surface area contributed by atoms with Crippen LogP contribution < -0.4 is 0 Å². The van der Waals surface area contributed by atoms with Gasteiger partial charge in [-0.3, -0.25) is 14.5 Å². The minimum atomic E-state index is -1.05. The van der Waals surface area contributed by atoms with Gasteiger partial charge in [-0.2, -0.15) is 0 Å². The van der Waals surface area contributed by atoms with Crippen LogP contribution in [0.4, 0.5) is 0 Å². The Kier molecular flexibility index (Phi) is 5.61. The van der Waals surface area contributed by atoms with Gasteiger partial charge in [-0.25, -0.2) is 0 Å². The summed E-state index contributed by atoms with van der Waals surface area (Å²) in [6.45, 7) is 10.0. The summed E-state index contributed by atoms with van der Waals surface area (Å²) < 4.78 is 0. The lowest BCUT2D eigenvalue weighted by atomic mass is 10.0. The Morgan fingerprint density at radius 1 is 1.24 bits per heavy atom. The molecular formula is C12H24N2O3. The molecule has 0 aliphatic heterocycles. The average molecular weight is 244 g/mol. The molecule has 0 aromatic carbocycles. The maximum absolute atomic E-state index is 12.1. The van der Waals surface area contributed by atoms with Crippen molar-refractivity contribution in [2.24, 2.45) is 0 Å². The number of hydrogen-bond acceptors (Lipinski definition) is 3. The summed E-state index contributed by atoms with van der Waals surface area (Å²) in [6.07, 6.45) is 0. The summed E-state index contributed by atoms with van der Waals surface area (Å²) in [7, 11) is 1.67. The number of carboxylic acid groups (broad SMARTS) is 1. The van der Waals surface area contributed by atoms with E-state index in [1.807, 2.05) is 13.8 Å². The molecule has 17 heavy (non-hydrogen) atoms. The van der Waals surface area contributed by atoms with E-state index in [-0.39, 0.29) is 5.91 Å². The normalized spacial score (nSPS) is 13.6. The molecule has 100 valence electrons. The average Bonchev–Trinajstić information content (AvgIpc) is 2.28. The van der Waals surface area contributed by atoms with Crippen LogP contribution in [-0.4, -0.2) is 58.5 Å². The van der Waals surface area contributed by atoms with Gasteiger partial charge in [-0.1, -0.05) is 0 Å².